The van der Waals surface area contributed by atoms with Gasteiger partial charge >= 0.3 is 0 Å². The molecule has 2 aromatic carbocycles. The summed E-state index contributed by atoms with van der Waals surface area (Å²) < 4.78 is 26.8. The van der Waals surface area contributed by atoms with Crippen molar-refractivity contribution in [1.29, 1.82) is 0 Å². The van der Waals surface area contributed by atoms with E-state index in [0.29, 0.717) is 29.8 Å². The third-order valence-electron chi connectivity index (χ3n) is 7.27. The lowest BCUT2D eigenvalue weighted by Crippen LogP contribution is -2.60. The Hall–Kier alpha value is -2.42. The topological polar surface area (TPSA) is 81.8 Å². The van der Waals surface area contributed by atoms with Crippen LogP contribution in [0.3, 0.4) is 0 Å². The zero-order valence-electron chi connectivity index (χ0n) is 21.3. The second kappa shape index (κ2) is 10.3. The summed E-state index contributed by atoms with van der Waals surface area (Å²) in [7, 11) is -0.661. The highest BCUT2D eigenvalue weighted by molar-refractivity contribution is 7.89. The maximum absolute atomic E-state index is 13.8. The zero-order chi connectivity index (χ0) is 25.2. The van der Waals surface area contributed by atoms with E-state index in [-0.39, 0.29) is 10.8 Å². The molecule has 0 aliphatic carbocycles. The summed E-state index contributed by atoms with van der Waals surface area (Å²) in [6.07, 6.45) is 5.07. The highest BCUT2D eigenvalue weighted by Crippen LogP contribution is 2.43. The number of nitrogens with zero attached hydrogens (tertiary/aromatic N) is 2. The molecule has 2 saturated heterocycles. The second-order valence-corrected chi connectivity index (χ2v) is 12.6. The van der Waals surface area contributed by atoms with E-state index in [0.717, 1.165) is 38.6 Å². The van der Waals surface area contributed by atoms with Crippen LogP contribution in [0.25, 0.3) is 0 Å². The number of carbonyl (C=O) groups is 1. The van der Waals surface area contributed by atoms with E-state index in [1.54, 1.807) is 12.1 Å². The van der Waals surface area contributed by atoms with Crippen LogP contribution in [0.15, 0.2) is 53.4 Å². The average Bonchev–Trinajstić information content (AvgIpc) is 3.00. The van der Waals surface area contributed by atoms with Gasteiger partial charge in [0.1, 0.15) is 0 Å². The molecular formula is C27H38N4O3S. The summed E-state index contributed by atoms with van der Waals surface area (Å²) in [5.41, 5.74) is 1.85. The summed E-state index contributed by atoms with van der Waals surface area (Å²) in [6, 6.07) is 15.6. The smallest absolute Gasteiger partial charge is 0.254 e. The standard InChI is InChI=1S/C27H38N4O3S/c1-20(2)18-28-25-13-12-23(35(33,34)30(3)4)17-24(25)26(32)29-27-15-8-11-22(14-16-27)31(27)19-21-9-6-5-7-10-21/h5-7,9-10,12-13,17,20,22,28H,8,11,14-16,18-19H2,1-4H3,(H,29,32). The third-order valence-corrected chi connectivity index (χ3v) is 9.08. The third kappa shape index (κ3) is 5.39. The van der Waals surface area contributed by atoms with Crippen molar-refractivity contribution >= 4 is 21.6 Å². The monoisotopic (exact) mass is 498 g/mol. The van der Waals surface area contributed by atoms with Gasteiger partial charge in [0, 0.05) is 38.9 Å². The van der Waals surface area contributed by atoms with Crippen LogP contribution < -0.4 is 10.6 Å². The van der Waals surface area contributed by atoms with E-state index < -0.39 is 15.7 Å². The van der Waals surface area contributed by atoms with E-state index in [2.05, 4.69) is 53.6 Å². The van der Waals surface area contributed by atoms with Crippen molar-refractivity contribution in [2.45, 2.75) is 69.1 Å². The number of anilines is 1. The molecule has 4 rings (SSSR count). The van der Waals surface area contributed by atoms with Gasteiger partial charge in [-0.2, -0.15) is 0 Å². The number of carbonyl (C=O) groups excluding carboxylic acids is 1. The predicted octanol–water partition coefficient (Wildman–Crippen LogP) is 4.28. The summed E-state index contributed by atoms with van der Waals surface area (Å²) in [4.78, 5) is 16.4. The molecule has 190 valence electrons. The SMILES string of the molecule is CC(C)CNc1ccc(S(=O)(=O)N(C)C)cc1C(=O)NC12CCCC(CC1)N2Cc1ccccc1. The highest BCUT2D eigenvalue weighted by Gasteiger charge is 2.49. The molecule has 1 amide bonds. The molecule has 0 radical (unpaired) electrons. The minimum absolute atomic E-state index is 0.120. The van der Waals surface area contributed by atoms with Gasteiger partial charge in [-0.05, 0) is 61.8 Å². The Bertz CT molecular complexity index is 1150. The largest absolute Gasteiger partial charge is 0.384 e. The minimum Gasteiger partial charge on any atom is -0.384 e. The van der Waals surface area contributed by atoms with Crippen LogP contribution in [-0.4, -0.2) is 55.9 Å². The summed E-state index contributed by atoms with van der Waals surface area (Å²) in [6.45, 7) is 5.67. The van der Waals surface area contributed by atoms with E-state index >= 15 is 0 Å². The first-order valence-electron chi connectivity index (χ1n) is 12.6. The van der Waals surface area contributed by atoms with E-state index in [1.165, 1.54) is 30.0 Å². The molecule has 0 aromatic heterocycles. The van der Waals surface area contributed by atoms with Gasteiger partial charge in [-0.15, -0.1) is 0 Å². The lowest BCUT2D eigenvalue weighted by atomic mass is 9.95. The van der Waals surface area contributed by atoms with Crippen LogP contribution in [0, 0.1) is 5.92 Å². The van der Waals surface area contributed by atoms with E-state index in [9.17, 15) is 13.2 Å². The normalized spacial score (nSPS) is 22.5. The predicted molar refractivity (Wildman–Crippen MR) is 140 cm³/mol. The molecule has 35 heavy (non-hydrogen) atoms. The Kier molecular flexibility index (Phi) is 7.54. The molecule has 2 fully saturated rings. The Balaban J connectivity index is 1.66. The summed E-state index contributed by atoms with van der Waals surface area (Å²) in [5.74, 6) is 0.151. The number of rotatable bonds is 9. The van der Waals surface area contributed by atoms with Crippen molar-refractivity contribution in [3.63, 3.8) is 0 Å². The van der Waals surface area contributed by atoms with Gasteiger partial charge in [0.15, 0.2) is 0 Å². The molecule has 2 atom stereocenters. The van der Waals surface area contributed by atoms with Gasteiger partial charge in [0.05, 0.1) is 16.1 Å². The molecule has 2 aliphatic rings. The lowest BCUT2D eigenvalue weighted by molar-refractivity contribution is 0.0185. The zero-order valence-corrected chi connectivity index (χ0v) is 22.1. The molecule has 2 N–H and O–H groups in total. The number of hydrogen-bond donors (Lipinski definition) is 2. The van der Waals surface area contributed by atoms with Gasteiger partial charge in [-0.1, -0.05) is 44.2 Å². The van der Waals surface area contributed by atoms with Crippen LogP contribution in [0.2, 0.25) is 0 Å². The van der Waals surface area contributed by atoms with Gasteiger partial charge in [0.25, 0.3) is 5.91 Å². The van der Waals surface area contributed by atoms with Crippen molar-refractivity contribution in [2.24, 2.45) is 5.92 Å². The molecule has 2 aromatic rings. The maximum Gasteiger partial charge on any atom is 0.254 e. The van der Waals surface area contributed by atoms with Crippen LogP contribution in [-0.2, 0) is 16.6 Å². The molecule has 8 heteroatoms. The first-order chi connectivity index (χ1) is 16.6. The number of benzene rings is 2. The average molecular weight is 499 g/mol. The molecule has 0 spiro atoms. The first kappa shape index (κ1) is 25.7. The van der Waals surface area contributed by atoms with Gasteiger partial charge < -0.3 is 10.6 Å². The molecule has 7 nitrogen and oxygen atoms in total. The summed E-state index contributed by atoms with van der Waals surface area (Å²) >= 11 is 0. The van der Waals surface area contributed by atoms with Crippen LogP contribution in [0.4, 0.5) is 5.69 Å². The fourth-order valence-corrected chi connectivity index (χ4v) is 6.27. The van der Waals surface area contributed by atoms with Gasteiger partial charge in [0.2, 0.25) is 10.0 Å². The Morgan fingerprint density at radius 3 is 2.54 bits per heavy atom. The maximum atomic E-state index is 13.8. The van der Waals surface area contributed by atoms with Crippen molar-refractivity contribution in [3.8, 4) is 0 Å². The van der Waals surface area contributed by atoms with E-state index in [4.69, 9.17) is 0 Å². The first-order valence-corrected chi connectivity index (χ1v) is 14.0. The highest BCUT2D eigenvalue weighted by atomic mass is 32.2. The Morgan fingerprint density at radius 1 is 1.11 bits per heavy atom. The number of fused-ring (bicyclic) bond motifs is 2. The molecule has 2 aliphatic heterocycles. The molecule has 0 saturated carbocycles. The van der Waals surface area contributed by atoms with Crippen LogP contribution >= 0.6 is 0 Å². The number of hydrogen-bond acceptors (Lipinski definition) is 5. The number of sulfonamides is 1. The van der Waals surface area contributed by atoms with Crippen LogP contribution in [0.5, 0.6) is 0 Å². The van der Waals surface area contributed by atoms with Crippen LogP contribution in [0.1, 0.15) is 61.9 Å². The molecular weight excluding hydrogens is 460 g/mol. The quantitative estimate of drug-likeness (QED) is 0.539. The minimum atomic E-state index is -3.66. The Labute approximate surface area is 209 Å². The van der Waals surface area contributed by atoms with Gasteiger partial charge in [-0.3, -0.25) is 9.69 Å². The molecule has 2 bridgehead atoms. The lowest BCUT2D eigenvalue weighted by Gasteiger charge is -2.45. The second-order valence-electron chi connectivity index (χ2n) is 10.5. The summed E-state index contributed by atoms with van der Waals surface area (Å²) in [5, 5.41) is 6.73. The van der Waals surface area contributed by atoms with Crippen molar-refractivity contribution in [2.75, 3.05) is 26.0 Å². The number of nitrogens with one attached hydrogen (secondary N) is 2. The number of piperidine rings is 1. The van der Waals surface area contributed by atoms with Crippen molar-refractivity contribution in [1.82, 2.24) is 14.5 Å². The van der Waals surface area contributed by atoms with E-state index in [1.807, 2.05) is 6.07 Å². The van der Waals surface area contributed by atoms with Crippen molar-refractivity contribution < 1.29 is 13.2 Å². The number of amides is 1. The Morgan fingerprint density at radius 2 is 1.86 bits per heavy atom. The molecule has 2 heterocycles. The fourth-order valence-electron chi connectivity index (χ4n) is 5.34. The van der Waals surface area contributed by atoms with Crippen molar-refractivity contribution in [3.05, 3.63) is 59.7 Å². The molecule has 2 unspecified atom stereocenters. The fraction of sp³-hybridized carbons (Fsp3) is 0.519. The van der Waals surface area contributed by atoms with Gasteiger partial charge in [-0.25, -0.2) is 12.7 Å².